The zero-order valence-electron chi connectivity index (χ0n) is 16.4. The van der Waals surface area contributed by atoms with Crippen molar-refractivity contribution in [3.8, 4) is 0 Å². The van der Waals surface area contributed by atoms with E-state index in [4.69, 9.17) is 0 Å². The van der Waals surface area contributed by atoms with Gasteiger partial charge in [-0.25, -0.2) is 4.98 Å². The van der Waals surface area contributed by atoms with Crippen molar-refractivity contribution in [1.29, 1.82) is 0 Å². The third kappa shape index (κ3) is 4.86. The lowest BCUT2D eigenvalue weighted by atomic mass is 9.88. The molecule has 1 aliphatic rings. The summed E-state index contributed by atoms with van der Waals surface area (Å²) in [4.78, 5) is 29.9. The second kappa shape index (κ2) is 8.83. The van der Waals surface area contributed by atoms with Gasteiger partial charge in [-0.15, -0.1) is 0 Å². The van der Waals surface area contributed by atoms with E-state index in [1.54, 1.807) is 0 Å². The molecule has 1 saturated carbocycles. The Kier molecular flexibility index (Phi) is 6.47. The summed E-state index contributed by atoms with van der Waals surface area (Å²) >= 11 is 1.48. The molecule has 1 unspecified atom stereocenters. The van der Waals surface area contributed by atoms with Crippen LogP contribution in [-0.4, -0.2) is 22.8 Å². The number of hydrogen-bond acceptors (Lipinski definition) is 4. The molecule has 1 aliphatic carbocycles. The van der Waals surface area contributed by atoms with E-state index in [0.29, 0.717) is 5.13 Å². The van der Waals surface area contributed by atoms with Gasteiger partial charge in [0.25, 0.3) is 0 Å². The quantitative estimate of drug-likeness (QED) is 0.765. The first-order chi connectivity index (χ1) is 13.0. The van der Waals surface area contributed by atoms with Gasteiger partial charge in [-0.05, 0) is 42.9 Å². The normalized spacial score (nSPS) is 16.4. The third-order valence-electron chi connectivity index (χ3n) is 5.31. The molecule has 2 aromatic rings. The molecule has 3 rings (SSSR count). The topological polar surface area (TPSA) is 71.1 Å². The van der Waals surface area contributed by atoms with Crippen LogP contribution in [0.3, 0.4) is 0 Å². The molecule has 0 bridgehead atoms. The molecular weight excluding hydrogens is 358 g/mol. The summed E-state index contributed by atoms with van der Waals surface area (Å²) in [5.74, 6) is -0.120. The molecule has 146 valence electrons. The number of fused-ring (bicyclic) bond motifs is 1. The number of rotatable bonds is 6. The fourth-order valence-electron chi connectivity index (χ4n) is 3.60. The lowest BCUT2D eigenvalue weighted by molar-refractivity contribution is -0.130. The Balaban J connectivity index is 1.68. The molecule has 1 aromatic heterocycles. The van der Waals surface area contributed by atoms with E-state index in [2.05, 4.69) is 34.7 Å². The van der Waals surface area contributed by atoms with E-state index in [1.165, 1.54) is 23.3 Å². The number of aryl methyl sites for hydroxylation is 1. The van der Waals surface area contributed by atoms with Crippen LogP contribution in [0.4, 0.5) is 5.13 Å². The van der Waals surface area contributed by atoms with Crippen molar-refractivity contribution in [3.05, 3.63) is 23.8 Å². The van der Waals surface area contributed by atoms with Crippen molar-refractivity contribution in [2.45, 2.75) is 65.3 Å². The first-order valence-corrected chi connectivity index (χ1v) is 10.8. The Morgan fingerprint density at radius 2 is 1.96 bits per heavy atom. The maximum absolute atomic E-state index is 12.8. The average molecular weight is 388 g/mol. The van der Waals surface area contributed by atoms with Crippen molar-refractivity contribution < 1.29 is 9.59 Å². The second-order valence-corrected chi connectivity index (χ2v) is 8.76. The Morgan fingerprint density at radius 3 is 2.63 bits per heavy atom. The van der Waals surface area contributed by atoms with Crippen LogP contribution < -0.4 is 10.6 Å². The fraction of sp³-hybridized carbons (Fsp3) is 0.571. The largest absolute Gasteiger partial charge is 0.344 e. The second-order valence-electron chi connectivity index (χ2n) is 7.73. The standard InChI is InChI=1S/C21H29N3O2S/c1-4-14-10-11-16-17(12-14)27-21(22-16)24-20(26)18(13(2)3)23-19(25)15-8-6-5-7-9-15/h10-13,15,18H,4-9H2,1-3H3,(H,23,25)(H,22,24,26). The van der Waals surface area contributed by atoms with Gasteiger partial charge >= 0.3 is 0 Å². The minimum atomic E-state index is -0.544. The van der Waals surface area contributed by atoms with Gasteiger partial charge in [0.1, 0.15) is 6.04 Å². The molecule has 0 spiro atoms. The van der Waals surface area contributed by atoms with Crippen molar-refractivity contribution >= 4 is 38.5 Å². The first kappa shape index (κ1) is 19.8. The molecule has 2 N–H and O–H groups in total. The number of carbonyl (C=O) groups excluding carboxylic acids is 2. The molecule has 27 heavy (non-hydrogen) atoms. The smallest absolute Gasteiger partial charge is 0.248 e. The zero-order valence-corrected chi connectivity index (χ0v) is 17.2. The Morgan fingerprint density at radius 1 is 1.22 bits per heavy atom. The molecule has 2 amide bonds. The van der Waals surface area contributed by atoms with Crippen molar-refractivity contribution in [3.63, 3.8) is 0 Å². The summed E-state index contributed by atoms with van der Waals surface area (Å²) in [6, 6.07) is 5.63. The highest BCUT2D eigenvalue weighted by Gasteiger charge is 2.29. The number of amides is 2. The van der Waals surface area contributed by atoms with Crippen LogP contribution >= 0.6 is 11.3 Å². The number of nitrogens with zero attached hydrogens (tertiary/aromatic N) is 1. The third-order valence-corrected chi connectivity index (χ3v) is 6.25. The van der Waals surface area contributed by atoms with Crippen LogP contribution in [0.1, 0.15) is 58.4 Å². The maximum atomic E-state index is 12.8. The number of anilines is 1. The minimum absolute atomic E-state index is 0.0126. The molecule has 1 fully saturated rings. The van der Waals surface area contributed by atoms with Gasteiger partial charge in [-0.1, -0.05) is 57.4 Å². The van der Waals surface area contributed by atoms with Crippen molar-refractivity contribution in [2.24, 2.45) is 11.8 Å². The van der Waals surface area contributed by atoms with E-state index in [0.717, 1.165) is 42.3 Å². The van der Waals surface area contributed by atoms with Crippen molar-refractivity contribution in [1.82, 2.24) is 10.3 Å². The maximum Gasteiger partial charge on any atom is 0.248 e. The van der Waals surface area contributed by atoms with Crippen LogP contribution in [0.25, 0.3) is 10.2 Å². The fourth-order valence-corrected chi connectivity index (χ4v) is 4.53. The average Bonchev–Trinajstić information content (AvgIpc) is 3.07. The molecule has 0 radical (unpaired) electrons. The van der Waals surface area contributed by atoms with Gasteiger partial charge in [-0.3, -0.25) is 9.59 Å². The summed E-state index contributed by atoms with van der Waals surface area (Å²) in [5.41, 5.74) is 2.14. The van der Waals surface area contributed by atoms with Crippen LogP contribution in [0.5, 0.6) is 0 Å². The number of nitrogens with one attached hydrogen (secondary N) is 2. The van der Waals surface area contributed by atoms with Crippen LogP contribution in [0.2, 0.25) is 0 Å². The summed E-state index contributed by atoms with van der Waals surface area (Å²) in [7, 11) is 0. The number of carbonyl (C=O) groups is 2. The number of benzene rings is 1. The Hall–Kier alpha value is -1.95. The zero-order chi connectivity index (χ0) is 19.4. The monoisotopic (exact) mass is 387 g/mol. The molecular formula is C21H29N3O2S. The van der Waals surface area contributed by atoms with Gasteiger partial charge in [-0.2, -0.15) is 0 Å². The van der Waals surface area contributed by atoms with Gasteiger partial charge in [0.15, 0.2) is 5.13 Å². The van der Waals surface area contributed by atoms with Gasteiger partial charge in [0.05, 0.1) is 10.2 Å². The summed E-state index contributed by atoms with van der Waals surface area (Å²) in [6.07, 6.45) is 6.23. The van der Waals surface area contributed by atoms with E-state index in [-0.39, 0.29) is 23.7 Å². The molecule has 1 aromatic carbocycles. The highest BCUT2D eigenvalue weighted by Crippen LogP contribution is 2.28. The van der Waals surface area contributed by atoms with E-state index >= 15 is 0 Å². The number of aromatic nitrogens is 1. The number of thiazole rings is 1. The first-order valence-electron chi connectivity index (χ1n) is 9.98. The molecule has 0 aliphatic heterocycles. The van der Waals surface area contributed by atoms with Gasteiger partial charge in [0, 0.05) is 5.92 Å². The minimum Gasteiger partial charge on any atom is -0.344 e. The molecule has 6 heteroatoms. The summed E-state index contributed by atoms with van der Waals surface area (Å²) in [5, 5.41) is 6.48. The predicted octanol–water partition coefficient (Wildman–Crippen LogP) is 4.52. The van der Waals surface area contributed by atoms with Crippen LogP contribution in [-0.2, 0) is 16.0 Å². The van der Waals surface area contributed by atoms with Gasteiger partial charge < -0.3 is 10.6 Å². The van der Waals surface area contributed by atoms with E-state index in [1.807, 2.05) is 19.9 Å². The molecule has 1 atom stereocenters. The summed E-state index contributed by atoms with van der Waals surface area (Å²) in [6.45, 7) is 6.03. The lowest BCUT2D eigenvalue weighted by Gasteiger charge is -2.26. The Labute approximate surface area is 164 Å². The Bertz CT molecular complexity index is 809. The van der Waals surface area contributed by atoms with E-state index < -0.39 is 6.04 Å². The van der Waals surface area contributed by atoms with Crippen LogP contribution in [0, 0.1) is 11.8 Å². The molecule has 0 saturated heterocycles. The molecule has 5 nitrogen and oxygen atoms in total. The molecule has 1 heterocycles. The number of hydrogen-bond donors (Lipinski definition) is 2. The highest BCUT2D eigenvalue weighted by molar-refractivity contribution is 7.22. The SMILES string of the molecule is CCc1ccc2nc(NC(=O)C(NC(=O)C3CCCCC3)C(C)C)sc2c1. The van der Waals surface area contributed by atoms with E-state index in [9.17, 15) is 9.59 Å². The highest BCUT2D eigenvalue weighted by atomic mass is 32.1. The van der Waals surface area contributed by atoms with Crippen LogP contribution in [0.15, 0.2) is 18.2 Å². The summed E-state index contributed by atoms with van der Waals surface area (Å²) < 4.78 is 1.07. The van der Waals surface area contributed by atoms with Gasteiger partial charge in [0.2, 0.25) is 11.8 Å². The van der Waals surface area contributed by atoms with Crippen molar-refractivity contribution in [2.75, 3.05) is 5.32 Å². The predicted molar refractivity (Wildman–Crippen MR) is 111 cm³/mol. The lowest BCUT2D eigenvalue weighted by Crippen LogP contribution is -2.49.